The van der Waals surface area contributed by atoms with E-state index in [4.69, 9.17) is 10.7 Å². The monoisotopic (exact) mass is 515 g/mol. The number of anilines is 2. The van der Waals surface area contributed by atoms with E-state index in [1.165, 1.54) is 18.2 Å². The Balaban J connectivity index is 1.62. The number of H-pyrrole nitrogens is 1. The van der Waals surface area contributed by atoms with Gasteiger partial charge in [0, 0.05) is 56.1 Å². The molecule has 0 radical (unpaired) electrons. The molecular formula is C28H30FN7O2. The van der Waals surface area contributed by atoms with Gasteiger partial charge in [-0.1, -0.05) is 30.3 Å². The molecule has 38 heavy (non-hydrogen) atoms. The summed E-state index contributed by atoms with van der Waals surface area (Å²) in [4.78, 5) is 36.0. The quantitative estimate of drug-likeness (QED) is 0.338. The van der Waals surface area contributed by atoms with Gasteiger partial charge in [-0.15, -0.1) is 0 Å². The largest absolute Gasteiger partial charge is 0.398 e. The number of nitrogen functional groups attached to an aromatic ring is 1. The zero-order valence-corrected chi connectivity index (χ0v) is 21.3. The molecule has 2 aromatic carbocycles. The molecule has 0 saturated carbocycles. The number of hydrogen-bond acceptors (Lipinski definition) is 6. The molecule has 10 heteroatoms. The summed E-state index contributed by atoms with van der Waals surface area (Å²) in [7, 11) is 0. The zero-order valence-electron chi connectivity index (χ0n) is 21.3. The summed E-state index contributed by atoms with van der Waals surface area (Å²) in [6, 6.07) is 17.0. The molecule has 3 atom stereocenters. The number of benzene rings is 2. The maximum Gasteiger partial charge on any atom is 0.264 e. The topological polar surface area (TPSA) is 122 Å². The van der Waals surface area contributed by atoms with Crippen molar-refractivity contribution in [3.05, 3.63) is 106 Å². The first-order chi connectivity index (χ1) is 18.3. The van der Waals surface area contributed by atoms with Crippen LogP contribution in [0.1, 0.15) is 43.0 Å². The second-order valence-corrected chi connectivity index (χ2v) is 9.73. The lowest BCUT2D eigenvalue weighted by atomic mass is 9.69. The third-order valence-electron chi connectivity index (χ3n) is 7.40. The number of aromatic nitrogens is 4. The average Bonchev–Trinajstić information content (AvgIpc) is 3.35. The van der Waals surface area contributed by atoms with E-state index in [0.29, 0.717) is 36.8 Å². The van der Waals surface area contributed by atoms with Crippen LogP contribution in [0.3, 0.4) is 0 Å². The van der Waals surface area contributed by atoms with Gasteiger partial charge in [-0.25, -0.2) is 14.4 Å². The minimum absolute atomic E-state index is 0.0526. The van der Waals surface area contributed by atoms with E-state index in [1.54, 1.807) is 36.1 Å². The third kappa shape index (κ3) is 4.65. The van der Waals surface area contributed by atoms with Crippen LogP contribution in [0, 0.1) is 5.82 Å². The van der Waals surface area contributed by atoms with Crippen molar-refractivity contribution in [3.8, 4) is 0 Å². The molecular weight excluding hydrogens is 485 g/mol. The fourth-order valence-corrected chi connectivity index (χ4v) is 5.56. The number of para-hydroxylation sites is 1. The minimum atomic E-state index is -0.850. The van der Waals surface area contributed by atoms with Crippen LogP contribution in [0.15, 0.2) is 77.9 Å². The number of aromatic amines is 1. The number of rotatable bonds is 6. The SMILES string of the molecule is CC(=O)N1CC(c2ccnc(NCc3ccccc3N)n2)C(c2ccc(F)cc2)(n2ccc(=O)[nH]2)CC1C. The molecule has 0 bridgehead atoms. The Morgan fingerprint density at radius 1 is 1.18 bits per heavy atom. The van der Waals surface area contributed by atoms with Gasteiger partial charge in [-0.05, 0) is 48.7 Å². The molecule has 1 aliphatic heterocycles. The van der Waals surface area contributed by atoms with E-state index in [-0.39, 0.29) is 29.2 Å². The van der Waals surface area contributed by atoms with Gasteiger partial charge in [-0.2, -0.15) is 0 Å². The molecule has 196 valence electrons. The predicted molar refractivity (Wildman–Crippen MR) is 143 cm³/mol. The van der Waals surface area contributed by atoms with Crippen molar-refractivity contribution in [1.29, 1.82) is 0 Å². The summed E-state index contributed by atoms with van der Waals surface area (Å²) < 4.78 is 15.8. The van der Waals surface area contributed by atoms with Crippen LogP contribution in [0.2, 0.25) is 0 Å². The van der Waals surface area contributed by atoms with Gasteiger partial charge in [0.1, 0.15) is 5.82 Å². The number of carbonyl (C=O) groups is 1. The molecule has 1 saturated heterocycles. The summed E-state index contributed by atoms with van der Waals surface area (Å²) >= 11 is 0. The first-order valence-corrected chi connectivity index (χ1v) is 12.5. The second kappa shape index (κ2) is 10.1. The Hall–Kier alpha value is -4.47. The Morgan fingerprint density at radius 2 is 1.95 bits per heavy atom. The van der Waals surface area contributed by atoms with Crippen molar-refractivity contribution in [2.45, 2.75) is 44.3 Å². The molecule has 3 unspecified atom stereocenters. The van der Waals surface area contributed by atoms with Gasteiger partial charge in [0.25, 0.3) is 5.56 Å². The van der Waals surface area contributed by atoms with E-state index in [1.807, 2.05) is 42.2 Å². The van der Waals surface area contributed by atoms with Gasteiger partial charge in [0.15, 0.2) is 0 Å². The lowest BCUT2D eigenvalue weighted by molar-refractivity contribution is -0.134. The standard InChI is InChI=1S/C28H30FN7O2/c1-18-15-28(36-14-12-26(38)34-36,21-7-9-22(29)10-8-21)23(17-35(18)19(2)37)25-11-13-31-27(33-25)32-16-20-5-3-4-6-24(20)30/h3-14,18,23H,15-17,30H2,1-2H3,(H,34,38)(H,31,32,33). The number of hydrogen-bond donors (Lipinski definition) is 3. The fraction of sp³-hybridized carbons (Fsp3) is 0.286. The van der Waals surface area contributed by atoms with Gasteiger partial charge in [-0.3, -0.25) is 19.4 Å². The van der Waals surface area contributed by atoms with Crippen molar-refractivity contribution >= 4 is 17.5 Å². The molecule has 3 heterocycles. The molecule has 0 spiro atoms. The molecule has 2 aromatic heterocycles. The summed E-state index contributed by atoms with van der Waals surface area (Å²) in [5.74, 6) is -0.387. The zero-order chi connectivity index (χ0) is 26.9. The highest BCUT2D eigenvalue weighted by molar-refractivity contribution is 5.74. The Bertz CT molecular complexity index is 1500. The number of halogens is 1. The number of nitrogens with one attached hydrogen (secondary N) is 2. The number of carbonyl (C=O) groups excluding carboxylic acids is 1. The van der Waals surface area contributed by atoms with Gasteiger partial charge in [0.2, 0.25) is 11.9 Å². The number of piperidine rings is 1. The smallest absolute Gasteiger partial charge is 0.264 e. The lowest BCUT2D eigenvalue weighted by Crippen LogP contribution is -2.57. The Kier molecular flexibility index (Phi) is 6.71. The number of nitrogens with zero attached hydrogens (tertiary/aromatic N) is 4. The lowest BCUT2D eigenvalue weighted by Gasteiger charge is -2.51. The van der Waals surface area contributed by atoms with Crippen LogP contribution < -0.4 is 16.6 Å². The highest BCUT2D eigenvalue weighted by atomic mass is 19.1. The van der Waals surface area contributed by atoms with E-state index in [9.17, 15) is 14.0 Å². The van der Waals surface area contributed by atoms with Crippen molar-refractivity contribution in [1.82, 2.24) is 24.6 Å². The van der Waals surface area contributed by atoms with Crippen LogP contribution in [0.25, 0.3) is 0 Å². The maximum atomic E-state index is 14.0. The van der Waals surface area contributed by atoms with Crippen LogP contribution in [-0.2, 0) is 16.9 Å². The minimum Gasteiger partial charge on any atom is -0.398 e. The highest BCUT2D eigenvalue weighted by Gasteiger charge is 2.51. The van der Waals surface area contributed by atoms with Crippen molar-refractivity contribution in [2.75, 3.05) is 17.6 Å². The van der Waals surface area contributed by atoms with Crippen molar-refractivity contribution in [2.24, 2.45) is 0 Å². The molecule has 1 fully saturated rings. The molecule has 4 N–H and O–H groups in total. The summed E-state index contributed by atoms with van der Waals surface area (Å²) in [5.41, 5.74) is 8.05. The van der Waals surface area contributed by atoms with Gasteiger partial charge in [0.05, 0.1) is 11.2 Å². The highest BCUT2D eigenvalue weighted by Crippen LogP contribution is 2.47. The van der Waals surface area contributed by atoms with Gasteiger partial charge < -0.3 is 16.0 Å². The fourth-order valence-electron chi connectivity index (χ4n) is 5.56. The van der Waals surface area contributed by atoms with E-state index >= 15 is 0 Å². The molecule has 5 rings (SSSR count). The predicted octanol–water partition coefficient (Wildman–Crippen LogP) is 3.47. The first-order valence-electron chi connectivity index (χ1n) is 12.5. The third-order valence-corrected chi connectivity index (χ3v) is 7.40. The number of nitrogens with two attached hydrogens (primary N) is 1. The van der Waals surface area contributed by atoms with E-state index in [0.717, 1.165) is 11.1 Å². The van der Waals surface area contributed by atoms with Gasteiger partial charge >= 0.3 is 0 Å². The van der Waals surface area contributed by atoms with Crippen molar-refractivity contribution < 1.29 is 9.18 Å². The first kappa shape index (κ1) is 25.2. The Morgan fingerprint density at radius 3 is 2.63 bits per heavy atom. The molecule has 1 amide bonds. The van der Waals surface area contributed by atoms with Crippen LogP contribution in [-0.4, -0.2) is 43.1 Å². The normalized spacial score (nSPS) is 21.3. The summed E-state index contributed by atoms with van der Waals surface area (Å²) in [6.07, 6.45) is 3.84. The number of amides is 1. The summed E-state index contributed by atoms with van der Waals surface area (Å²) in [6.45, 7) is 4.31. The van der Waals surface area contributed by atoms with Crippen LogP contribution in [0.5, 0.6) is 0 Å². The van der Waals surface area contributed by atoms with Crippen LogP contribution in [0.4, 0.5) is 16.0 Å². The molecule has 9 nitrogen and oxygen atoms in total. The molecule has 1 aliphatic rings. The molecule has 0 aliphatic carbocycles. The molecule has 4 aromatic rings. The van der Waals surface area contributed by atoms with Crippen LogP contribution >= 0.6 is 0 Å². The Labute approximate surface area is 219 Å². The maximum absolute atomic E-state index is 14.0. The average molecular weight is 516 g/mol. The number of likely N-dealkylation sites (tertiary alicyclic amines) is 1. The van der Waals surface area contributed by atoms with E-state index < -0.39 is 5.54 Å². The second-order valence-electron chi connectivity index (χ2n) is 9.73. The summed E-state index contributed by atoms with van der Waals surface area (Å²) in [5, 5.41) is 6.17. The van der Waals surface area contributed by atoms with Crippen molar-refractivity contribution in [3.63, 3.8) is 0 Å². The van der Waals surface area contributed by atoms with E-state index in [2.05, 4.69) is 15.4 Å².